The summed E-state index contributed by atoms with van der Waals surface area (Å²) < 4.78 is 201. The lowest BCUT2D eigenvalue weighted by Gasteiger charge is -2.32. The predicted octanol–water partition coefficient (Wildman–Crippen LogP) is 11.2. The first kappa shape index (κ1) is 47.0. The summed E-state index contributed by atoms with van der Waals surface area (Å²) >= 11 is 0.661. The molecule has 22 heteroatoms. The highest BCUT2D eigenvalue weighted by molar-refractivity contribution is 14.1. The van der Waals surface area contributed by atoms with Crippen molar-refractivity contribution in [2.24, 2.45) is 0 Å². The van der Waals surface area contributed by atoms with Crippen LogP contribution in [0.15, 0.2) is 97.1 Å². The van der Waals surface area contributed by atoms with Crippen LogP contribution in [0.4, 0.5) is 78.5 Å². The number of imide groups is 1. The van der Waals surface area contributed by atoms with Crippen molar-refractivity contribution < 1.29 is 80.6 Å². The van der Waals surface area contributed by atoms with Crippen LogP contribution in [0.5, 0.6) is 0 Å². The summed E-state index contributed by atoms with van der Waals surface area (Å²) in [5.41, 5.74) is -18.8. The summed E-state index contributed by atoms with van der Waals surface area (Å²) in [6, 6.07) is 10.4. The van der Waals surface area contributed by atoms with Crippen LogP contribution in [0.3, 0.4) is 0 Å². The topological polar surface area (TPSA) is 78.0 Å². The SMILES string of the molecule is CN(C(=O)c1ccc(F)cc1)c1cccc(C(=O)N(C(=O)c2cccc(N(C)C(=O)c3ccc(F)cc3)c2F)c2c(I)cc(C(F)(C(F)(F)F)C(F)(F)F)cc2C(F)(F)F)c1F. The van der Waals surface area contributed by atoms with E-state index in [4.69, 9.17) is 0 Å². The standard InChI is InChI=1S/C40H22F14IN3O4/c1-56(33(59)19-9-13-22(41)14-10-19)28-7-3-5-24(30(28)43)35(61)58(32-26(38(46,47)48)17-21(18-27(32)55)37(45,39(49,50)51)40(52,53)54)36(62)25-6-4-8-29(31(25)44)57(2)34(60)20-11-15-23(42)16-12-20/h3-18H,1-2H3. The van der Waals surface area contributed by atoms with E-state index in [1.54, 1.807) is 0 Å². The minimum atomic E-state index is -6.95. The normalized spacial score (nSPS) is 12.2. The molecule has 0 N–H and O–H groups in total. The zero-order chi connectivity index (χ0) is 46.4. The molecule has 0 atom stereocenters. The van der Waals surface area contributed by atoms with Gasteiger partial charge in [0.15, 0.2) is 11.6 Å². The first-order valence-electron chi connectivity index (χ1n) is 16.9. The molecule has 0 heterocycles. The van der Waals surface area contributed by atoms with Gasteiger partial charge in [0, 0.05) is 34.4 Å². The van der Waals surface area contributed by atoms with Crippen molar-refractivity contribution in [1.82, 2.24) is 0 Å². The number of halogens is 15. The molecule has 0 aromatic heterocycles. The van der Waals surface area contributed by atoms with Crippen LogP contribution in [0, 0.1) is 26.8 Å². The van der Waals surface area contributed by atoms with Crippen molar-refractivity contribution in [3.8, 4) is 0 Å². The van der Waals surface area contributed by atoms with Gasteiger partial charge in [0.05, 0.1) is 33.8 Å². The number of alkyl halides is 10. The van der Waals surface area contributed by atoms with Gasteiger partial charge in [0.1, 0.15) is 11.6 Å². The lowest BCUT2D eigenvalue weighted by atomic mass is 9.91. The van der Waals surface area contributed by atoms with Crippen molar-refractivity contribution >= 4 is 63.3 Å². The smallest absolute Gasteiger partial charge is 0.309 e. The second kappa shape index (κ2) is 17.0. The van der Waals surface area contributed by atoms with Gasteiger partial charge in [0.25, 0.3) is 23.6 Å². The summed E-state index contributed by atoms with van der Waals surface area (Å²) in [6.07, 6.45) is -20.1. The molecule has 0 aliphatic carbocycles. The fraction of sp³-hybridized carbons (Fsp3) is 0.150. The minimum Gasteiger partial charge on any atom is -0.309 e. The lowest BCUT2D eigenvalue weighted by Crippen LogP contribution is -2.50. The van der Waals surface area contributed by atoms with E-state index in [-0.39, 0.29) is 11.1 Å². The number of hydrogen-bond donors (Lipinski definition) is 0. The van der Waals surface area contributed by atoms with Crippen molar-refractivity contribution in [3.63, 3.8) is 0 Å². The van der Waals surface area contributed by atoms with Gasteiger partial charge in [-0.05, 0) is 108 Å². The van der Waals surface area contributed by atoms with E-state index in [0.29, 0.717) is 44.5 Å². The fourth-order valence-electron chi connectivity index (χ4n) is 5.94. The second-order valence-corrected chi connectivity index (χ2v) is 14.1. The number of benzene rings is 5. The Kier molecular flexibility index (Phi) is 12.9. The first-order chi connectivity index (χ1) is 28.6. The molecule has 0 saturated carbocycles. The van der Waals surface area contributed by atoms with Gasteiger partial charge >= 0.3 is 24.2 Å². The molecule has 5 aromatic carbocycles. The van der Waals surface area contributed by atoms with Crippen molar-refractivity contribution in [3.05, 3.63) is 157 Å². The number of carbonyl (C=O) groups is 4. The number of amides is 4. The molecule has 0 aliphatic heterocycles. The molecule has 7 nitrogen and oxygen atoms in total. The minimum absolute atomic E-state index is 0.258. The number of rotatable bonds is 8. The van der Waals surface area contributed by atoms with E-state index in [1.807, 2.05) is 0 Å². The summed E-state index contributed by atoms with van der Waals surface area (Å²) in [7, 11) is 1.86. The van der Waals surface area contributed by atoms with Crippen molar-refractivity contribution in [1.29, 1.82) is 0 Å². The molecule has 326 valence electrons. The van der Waals surface area contributed by atoms with Gasteiger partial charge < -0.3 is 9.80 Å². The largest absolute Gasteiger partial charge is 0.435 e. The Hall–Kier alpha value is -6.07. The number of hydrogen-bond acceptors (Lipinski definition) is 4. The van der Waals surface area contributed by atoms with Gasteiger partial charge in [0.2, 0.25) is 0 Å². The molecule has 4 amide bonds. The van der Waals surface area contributed by atoms with Gasteiger partial charge in [-0.25, -0.2) is 26.9 Å². The predicted molar refractivity (Wildman–Crippen MR) is 201 cm³/mol. The molecule has 0 fully saturated rings. The second-order valence-electron chi connectivity index (χ2n) is 13.0. The number of carbonyl (C=O) groups excluding carboxylic acids is 4. The van der Waals surface area contributed by atoms with E-state index in [9.17, 15) is 67.5 Å². The average molecular weight is 1000 g/mol. The zero-order valence-electron chi connectivity index (χ0n) is 30.9. The quantitative estimate of drug-likeness (QED) is 0.0881. The van der Waals surface area contributed by atoms with Crippen LogP contribution in [0.1, 0.15) is 52.6 Å². The maximum Gasteiger partial charge on any atom is 0.435 e. The van der Waals surface area contributed by atoms with Gasteiger partial charge in [-0.15, -0.1) is 0 Å². The highest BCUT2D eigenvalue weighted by atomic mass is 127. The third-order valence-corrected chi connectivity index (χ3v) is 9.93. The van der Waals surface area contributed by atoms with Crippen LogP contribution in [0.2, 0.25) is 0 Å². The summed E-state index contributed by atoms with van der Waals surface area (Å²) in [5, 5.41) is 0. The summed E-state index contributed by atoms with van der Waals surface area (Å²) in [6.45, 7) is 0. The molecule has 0 spiro atoms. The number of nitrogens with zero attached hydrogens (tertiary/aromatic N) is 3. The Labute approximate surface area is 353 Å². The van der Waals surface area contributed by atoms with E-state index in [0.717, 1.165) is 86.9 Å². The average Bonchev–Trinajstić information content (AvgIpc) is 3.19. The Bertz CT molecular complexity index is 2440. The van der Waals surface area contributed by atoms with Gasteiger partial charge in [-0.2, -0.15) is 39.5 Å². The maximum absolute atomic E-state index is 16.4. The molecule has 0 aliphatic rings. The molecule has 5 rings (SSSR count). The Morgan fingerprint density at radius 1 is 0.516 bits per heavy atom. The van der Waals surface area contributed by atoms with Gasteiger partial charge in [-0.3, -0.25) is 19.2 Å². The highest BCUT2D eigenvalue weighted by Crippen LogP contribution is 2.55. The van der Waals surface area contributed by atoms with E-state index < -0.39 is 131 Å². The molecule has 0 saturated heterocycles. The van der Waals surface area contributed by atoms with Crippen molar-refractivity contribution in [2.75, 3.05) is 28.8 Å². The zero-order valence-corrected chi connectivity index (χ0v) is 33.0. The molecule has 0 unspecified atom stereocenters. The monoisotopic (exact) mass is 1000 g/mol. The van der Waals surface area contributed by atoms with Crippen LogP contribution < -0.4 is 14.7 Å². The lowest BCUT2D eigenvalue weighted by molar-refractivity contribution is -0.348. The van der Waals surface area contributed by atoms with Crippen LogP contribution in [-0.4, -0.2) is 50.1 Å². The summed E-state index contributed by atoms with van der Waals surface area (Å²) in [5.74, 6) is -11.6. The van der Waals surface area contributed by atoms with Crippen LogP contribution in [0.25, 0.3) is 0 Å². The molecule has 62 heavy (non-hydrogen) atoms. The van der Waals surface area contributed by atoms with E-state index >= 15 is 13.2 Å². The Morgan fingerprint density at radius 3 is 1.23 bits per heavy atom. The Morgan fingerprint density at radius 2 is 0.887 bits per heavy atom. The maximum atomic E-state index is 16.4. The Balaban J connectivity index is 1.78. The molecular weight excluding hydrogens is 979 g/mol. The third-order valence-electron chi connectivity index (χ3n) is 9.11. The van der Waals surface area contributed by atoms with Gasteiger partial charge in [-0.1, -0.05) is 12.1 Å². The number of anilines is 3. The molecular formula is C40H22F14IN3O4. The first-order valence-corrected chi connectivity index (χ1v) is 18.0. The van der Waals surface area contributed by atoms with E-state index in [1.165, 1.54) is 0 Å². The van der Waals surface area contributed by atoms with Crippen LogP contribution in [-0.2, 0) is 11.8 Å². The third kappa shape index (κ3) is 8.68. The van der Waals surface area contributed by atoms with E-state index in [2.05, 4.69) is 0 Å². The van der Waals surface area contributed by atoms with Crippen molar-refractivity contribution in [2.45, 2.75) is 24.2 Å². The molecule has 5 aromatic rings. The summed E-state index contributed by atoms with van der Waals surface area (Å²) in [4.78, 5) is 55.6. The fourth-order valence-corrected chi connectivity index (χ4v) is 6.81. The molecule has 0 radical (unpaired) electrons. The molecule has 0 bridgehead atoms. The van der Waals surface area contributed by atoms with Crippen LogP contribution >= 0.6 is 22.6 Å². The highest BCUT2D eigenvalue weighted by Gasteiger charge is 2.74.